The first-order valence-corrected chi connectivity index (χ1v) is 5.77. The molecule has 2 rings (SSSR count). The zero-order chi connectivity index (χ0) is 14.7. The van der Waals surface area contributed by atoms with Gasteiger partial charge in [-0.1, -0.05) is 0 Å². The second kappa shape index (κ2) is 5.40. The van der Waals surface area contributed by atoms with Crippen LogP contribution in [0.25, 0.3) is 0 Å². The molecule has 6 heteroatoms. The molecule has 1 aromatic carbocycles. The molecule has 0 aliphatic carbocycles. The minimum absolute atomic E-state index is 0.0372. The SMILES string of the molecule is Cc1cc(O)ccc1C(=O)Nc1cnccc1C(=O)O. The lowest BCUT2D eigenvalue weighted by molar-refractivity contribution is 0.0698. The Kier molecular flexibility index (Phi) is 3.65. The Morgan fingerprint density at radius 3 is 2.60 bits per heavy atom. The van der Waals surface area contributed by atoms with Gasteiger partial charge < -0.3 is 15.5 Å². The largest absolute Gasteiger partial charge is 0.508 e. The molecule has 102 valence electrons. The number of nitrogens with one attached hydrogen (secondary N) is 1. The summed E-state index contributed by atoms with van der Waals surface area (Å²) in [5.74, 6) is -1.55. The van der Waals surface area contributed by atoms with Gasteiger partial charge in [0.1, 0.15) is 5.75 Å². The highest BCUT2D eigenvalue weighted by Gasteiger charge is 2.15. The first-order chi connectivity index (χ1) is 9.49. The van der Waals surface area contributed by atoms with E-state index in [9.17, 15) is 14.7 Å². The molecule has 0 saturated heterocycles. The topological polar surface area (TPSA) is 99.5 Å². The summed E-state index contributed by atoms with van der Waals surface area (Å²) in [5.41, 5.74) is 1.02. The summed E-state index contributed by atoms with van der Waals surface area (Å²) in [6.07, 6.45) is 2.61. The Balaban J connectivity index is 2.30. The molecule has 6 nitrogen and oxygen atoms in total. The number of carbonyl (C=O) groups is 2. The number of anilines is 1. The van der Waals surface area contributed by atoms with Crippen molar-refractivity contribution in [2.75, 3.05) is 5.32 Å². The minimum atomic E-state index is -1.15. The van der Waals surface area contributed by atoms with Gasteiger partial charge in [-0.05, 0) is 36.8 Å². The highest BCUT2D eigenvalue weighted by Crippen LogP contribution is 2.19. The predicted octanol–water partition coefficient (Wildman–Crippen LogP) is 2.05. The molecule has 0 fully saturated rings. The molecule has 0 atom stereocenters. The zero-order valence-electron chi connectivity index (χ0n) is 10.6. The summed E-state index contributed by atoms with van der Waals surface area (Å²) >= 11 is 0. The van der Waals surface area contributed by atoms with Gasteiger partial charge in [-0.25, -0.2) is 4.79 Å². The van der Waals surface area contributed by atoms with Crippen molar-refractivity contribution in [2.24, 2.45) is 0 Å². The summed E-state index contributed by atoms with van der Waals surface area (Å²) < 4.78 is 0. The van der Waals surface area contributed by atoms with Crippen LogP contribution in [0.3, 0.4) is 0 Å². The summed E-state index contributed by atoms with van der Waals surface area (Å²) in [4.78, 5) is 26.9. The van der Waals surface area contributed by atoms with Crippen LogP contribution in [0, 0.1) is 6.92 Å². The number of phenolic OH excluding ortho intramolecular Hbond substituents is 1. The van der Waals surface area contributed by atoms with E-state index in [1.54, 1.807) is 6.92 Å². The van der Waals surface area contributed by atoms with Crippen LogP contribution in [0.15, 0.2) is 36.7 Å². The maximum absolute atomic E-state index is 12.1. The molecule has 0 saturated carbocycles. The lowest BCUT2D eigenvalue weighted by atomic mass is 10.1. The van der Waals surface area contributed by atoms with Crippen molar-refractivity contribution < 1.29 is 19.8 Å². The number of pyridine rings is 1. The molecule has 20 heavy (non-hydrogen) atoms. The fourth-order valence-corrected chi connectivity index (χ4v) is 1.77. The average Bonchev–Trinajstić information content (AvgIpc) is 2.38. The highest BCUT2D eigenvalue weighted by molar-refractivity contribution is 6.08. The van der Waals surface area contributed by atoms with E-state index in [0.717, 1.165) is 0 Å². The first kappa shape index (κ1) is 13.5. The van der Waals surface area contributed by atoms with Crippen LogP contribution in [-0.4, -0.2) is 27.1 Å². The van der Waals surface area contributed by atoms with E-state index in [1.807, 2.05) is 0 Å². The number of carboxylic acid groups (broad SMARTS) is 1. The molecule has 1 heterocycles. The van der Waals surface area contributed by atoms with Crippen molar-refractivity contribution in [3.63, 3.8) is 0 Å². The van der Waals surface area contributed by atoms with Gasteiger partial charge in [-0.15, -0.1) is 0 Å². The first-order valence-electron chi connectivity index (χ1n) is 5.77. The zero-order valence-corrected chi connectivity index (χ0v) is 10.6. The van der Waals surface area contributed by atoms with Gasteiger partial charge in [-0.2, -0.15) is 0 Å². The number of nitrogens with zero attached hydrogens (tertiary/aromatic N) is 1. The quantitative estimate of drug-likeness (QED) is 0.794. The van der Waals surface area contributed by atoms with Crippen molar-refractivity contribution in [3.8, 4) is 5.75 Å². The third-order valence-electron chi connectivity index (χ3n) is 2.75. The molecule has 0 spiro atoms. The fourth-order valence-electron chi connectivity index (χ4n) is 1.77. The summed E-state index contributed by atoms with van der Waals surface area (Å²) in [6.45, 7) is 1.68. The number of phenols is 1. The third kappa shape index (κ3) is 2.74. The molecule has 0 unspecified atom stereocenters. The minimum Gasteiger partial charge on any atom is -0.508 e. The molecule has 2 aromatic rings. The van der Waals surface area contributed by atoms with Crippen molar-refractivity contribution in [2.45, 2.75) is 6.92 Å². The van der Waals surface area contributed by atoms with E-state index in [1.165, 1.54) is 36.7 Å². The van der Waals surface area contributed by atoms with Crippen LogP contribution >= 0.6 is 0 Å². The Morgan fingerprint density at radius 2 is 1.95 bits per heavy atom. The second-order valence-electron chi connectivity index (χ2n) is 4.18. The number of amides is 1. The normalized spacial score (nSPS) is 10.1. The second-order valence-corrected chi connectivity index (χ2v) is 4.18. The summed E-state index contributed by atoms with van der Waals surface area (Å²) in [5, 5.41) is 20.8. The number of aromatic hydroxyl groups is 1. The van der Waals surface area contributed by atoms with E-state index in [4.69, 9.17) is 5.11 Å². The Labute approximate surface area is 114 Å². The van der Waals surface area contributed by atoms with Gasteiger partial charge in [0.15, 0.2) is 0 Å². The van der Waals surface area contributed by atoms with Crippen molar-refractivity contribution in [1.82, 2.24) is 4.98 Å². The van der Waals surface area contributed by atoms with E-state index in [0.29, 0.717) is 11.1 Å². The lowest BCUT2D eigenvalue weighted by Gasteiger charge is -2.09. The highest BCUT2D eigenvalue weighted by atomic mass is 16.4. The van der Waals surface area contributed by atoms with Gasteiger partial charge in [0, 0.05) is 11.8 Å². The number of hydrogen-bond donors (Lipinski definition) is 3. The standard InChI is InChI=1S/C14H12N2O4/c1-8-6-9(17)2-3-10(8)13(18)16-12-7-15-5-4-11(12)14(19)20/h2-7,17H,1H3,(H,16,18)(H,19,20). The van der Waals surface area contributed by atoms with Crippen LogP contribution in [0.1, 0.15) is 26.3 Å². The third-order valence-corrected chi connectivity index (χ3v) is 2.75. The van der Waals surface area contributed by atoms with Gasteiger partial charge >= 0.3 is 5.97 Å². The molecule has 0 radical (unpaired) electrons. The molecule has 0 aliphatic heterocycles. The summed E-state index contributed by atoms with van der Waals surface area (Å²) in [7, 11) is 0. The Morgan fingerprint density at radius 1 is 1.20 bits per heavy atom. The molecule has 1 aromatic heterocycles. The van der Waals surface area contributed by atoms with Crippen LogP contribution in [0.5, 0.6) is 5.75 Å². The molecule has 1 amide bonds. The number of aromatic nitrogens is 1. The number of carboxylic acids is 1. The average molecular weight is 272 g/mol. The summed E-state index contributed by atoms with van der Waals surface area (Å²) in [6, 6.07) is 5.62. The number of hydrogen-bond acceptors (Lipinski definition) is 4. The molecule has 0 aliphatic rings. The molecular formula is C14H12N2O4. The monoisotopic (exact) mass is 272 g/mol. The lowest BCUT2D eigenvalue weighted by Crippen LogP contribution is -2.16. The van der Waals surface area contributed by atoms with E-state index >= 15 is 0 Å². The van der Waals surface area contributed by atoms with E-state index in [-0.39, 0.29) is 17.0 Å². The van der Waals surface area contributed by atoms with Gasteiger partial charge in [0.25, 0.3) is 5.91 Å². The number of benzene rings is 1. The van der Waals surface area contributed by atoms with Crippen LogP contribution in [0.2, 0.25) is 0 Å². The maximum atomic E-state index is 12.1. The Bertz CT molecular complexity index is 683. The number of carbonyl (C=O) groups excluding carboxylic acids is 1. The van der Waals surface area contributed by atoms with Gasteiger partial charge in [0.2, 0.25) is 0 Å². The van der Waals surface area contributed by atoms with Gasteiger partial charge in [0.05, 0.1) is 17.4 Å². The maximum Gasteiger partial charge on any atom is 0.337 e. The smallest absolute Gasteiger partial charge is 0.337 e. The number of aromatic carboxylic acids is 1. The predicted molar refractivity (Wildman–Crippen MR) is 72.0 cm³/mol. The van der Waals surface area contributed by atoms with Crippen LogP contribution in [0.4, 0.5) is 5.69 Å². The number of rotatable bonds is 3. The fraction of sp³-hybridized carbons (Fsp3) is 0.0714. The van der Waals surface area contributed by atoms with E-state index < -0.39 is 11.9 Å². The van der Waals surface area contributed by atoms with Crippen molar-refractivity contribution in [3.05, 3.63) is 53.3 Å². The molecule has 0 bridgehead atoms. The van der Waals surface area contributed by atoms with Gasteiger partial charge in [-0.3, -0.25) is 9.78 Å². The molecule has 3 N–H and O–H groups in total. The Hall–Kier alpha value is -2.89. The van der Waals surface area contributed by atoms with Crippen LogP contribution in [-0.2, 0) is 0 Å². The van der Waals surface area contributed by atoms with E-state index in [2.05, 4.69) is 10.3 Å². The van der Waals surface area contributed by atoms with Crippen molar-refractivity contribution >= 4 is 17.6 Å². The number of aryl methyl sites for hydroxylation is 1. The van der Waals surface area contributed by atoms with Crippen molar-refractivity contribution in [1.29, 1.82) is 0 Å². The molecular weight excluding hydrogens is 260 g/mol. The van der Waals surface area contributed by atoms with Crippen LogP contribution < -0.4 is 5.32 Å².